The first-order valence-electron chi connectivity index (χ1n) is 5.05. The highest BCUT2D eigenvalue weighted by Crippen LogP contribution is 2.21. The number of benzene rings is 1. The number of nitrogens with one attached hydrogen (secondary N) is 1. The molecule has 4 N–H and O–H groups in total. The fraction of sp³-hybridized carbons (Fsp3) is 0.273. The van der Waals surface area contributed by atoms with Gasteiger partial charge in [-0.05, 0) is 24.6 Å². The number of amides is 1. The Hall–Kier alpha value is -1.40. The molecule has 1 aromatic rings. The molecule has 0 unspecified atom stereocenters. The summed E-state index contributed by atoms with van der Waals surface area (Å²) < 4.78 is 0.683. The second kappa shape index (κ2) is 5.79. The van der Waals surface area contributed by atoms with E-state index in [2.05, 4.69) is 21.2 Å². The van der Waals surface area contributed by atoms with Crippen LogP contribution in [0.4, 0.5) is 5.69 Å². The Bertz CT molecular complexity index is 448. The first kappa shape index (κ1) is 13.7. The van der Waals surface area contributed by atoms with E-state index in [1.54, 1.807) is 13.0 Å². The van der Waals surface area contributed by atoms with Crippen LogP contribution in [-0.2, 0) is 4.79 Å². The van der Waals surface area contributed by atoms with Crippen LogP contribution >= 0.6 is 15.9 Å². The van der Waals surface area contributed by atoms with Gasteiger partial charge in [0.1, 0.15) is 0 Å². The normalized spacial score (nSPS) is 11.9. The molecule has 0 fully saturated rings. The molecule has 1 rings (SSSR count). The second-order valence-corrected chi connectivity index (χ2v) is 4.41. The summed E-state index contributed by atoms with van der Waals surface area (Å²) >= 11 is 3.21. The molecule has 0 aliphatic rings. The van der Waals surface area contributed by atoms with Crippen LogP contribution in [0.2, 0.25) is 0 Å². The predicted octanol–water partition coefficient (Wildman–Crippen LogP) is 1.82. The number of anilines is 1. The quantitative estimate of drug-likeness (QED) is 0.791. The summed E-state index contributed by atoms with van der Waals surface area (Å²) in [6.45, 7) is 1.78. The number of rotatable bonds is 4. The number of hydrogen-bond acceptors (Lipinski definition) is 3. The molecule has 1 atom stereocenters. The molecule has 0 bridgehead atoms. The van der Waals surface area contributed by atoms with Gasteiger partial charge in [0, 0.05) is 4.47 Å². The van der Waals surface area contributed by atoms with Crippen LogP contribution in [0, 0.1) is 0 Å². The molecule has 0 aromatic heterocycles. The average molecular weight is 301 g/mol. The largest absolute Gasteiger partial charge is 0.478 e. The third-order valence-electron chi connectivity index (χ3n) is 2.25. The van der Waals surface area contributed by atoms with E-state index in [0.29, 0.717) is 10.9 Å². The molecule has 5 nitrogen and oxygen atoms in total. The van der Waals surface area contributed by atoms with E-state index in [1.807, 2.05) is 0 Å². The van der Waals surface area contributed by atoms with Gasteiger partial charge in [0.25, 0.3) is 0 Å². The molecule has 1 amide bonds. The molecule has 0 aliphatic carbocycles. The summed E-state index contributed by atoms with van der Waals surface area (Å²) in [7, 11) is 0. The van der Waals surface area contributed by atoms with Crippen LogP contribution in [-0.4, -0.2) is 23.0 Å². The van der Waals surface area contributed by atoms with Crippen molar-refractivity contribution in [1.82, 2.24) is 0 Å². The minimum absolute atomic E-state index is 0.0323. The Labute approximate surface area is 107 Å². The van der Waals surface area contributed by atoms with E-state index < -0.39 is 17.9 Å². The molecule has 0 saturated heterocycles. The minimum atomic E-state index is -1.10. The highest BCUT2D eigenvalue weighted by molar-refractivity contribution is 9.10. The molecule has 0 aliphatic heterocycles. The number of nitrogens with two attached hydrogens (primary N) is 1. The van der Waals surface area contributed by atoms with Gasteiger partial charge in [-0.3, -0.25) is 4.79 Å². The Kier molecular flexibility index (Phi) is 4.65. The van der Waals surface area contributed by atoms with Gasteiger partial charge in [0.2, 0.25) is 5.91 Å². The zero-order valence-electron chi connectivity index (χ0n) is 9.24. The monoisotopic (exact) mass is 300 g/mol. The van der Waals surface area contributed by atoms with Gasteiger partial charge >= 0.3 is 5.97 Å². The molecule has 0 radical (unpaired) electrons. The number of aromatic carboxylic acids is 1. The van der Waals surface area contributed by atoms with Gasteiger partial charge < -0.3 is 16.2 Å². The van der Waals surface area contributed by atoms with Crippen molar-refractivity contribution in [3.63, 3.8) is 0 Å². The van der Waals surface area contributed by atoms with Crippen molar-refractivity contribution in [1.29, 1.82) is 0 Å². The first-order valence-corrected chi connectivity index (χ1v) is 5.84. The number of carbonyl (C=O) groups excluding carboxylic acids is 1. The maximum atomic E-state index is 11.6. The molecule has 0 saturated carbocycles. The highest BCUT2D eigenvalue weighted by atomic mass is 79.9. The van der Waals surface area contributed by atoms with E-state index in [4.69, 9.17) is 10.8 Å². The zero-order chi connectivity index (χ0) is 13.0. The first-order chi connectivity index (χ1) is 7.95. The average Bonchev–Trinajstić information content (AvgIpc) is 2.27. The summed E-state index contributed by atoms with van der Waals surface area (Å²) in [5, 5.41) is 11.5. The summed E-state index contributed by atoms with van der Waals surface area (Å²) in [5.41, 5.74) is 5.83. The molecular formula is C11H13BrN2O3. The van der Waals surface area contributed by atoms with Gasteiger partial charge in [-0.2, -0.15) is 0 Å². The van der Waals surface area contributed by atoms with Crippen molar-refractivity contribution >= 4 is 33.5 Å². The van der Waals surface area contributed by atoms with Crippen LogP contribution in [0.25, 0.3) is 0 Å². The van der Waals surface area contributed by atoms with E-state index in [1.165, 1.54) is 12.1 Å². The summed E-state index contributed by atoms with van der Waals surface area (Å²) in [6, 6.07) is 3.90. The maximum absolute atomic E-state index is 11.6. The standard InChI is InChI=1S/C11H13BrN2O3/c1-2-8(13)10(15)14-9-5-6(12)3-4-7(9)11(16)17/h3-5,8H,2,13H2,1H3,(H,14,15)(H,16,17)/t8-/m0/s1. The molecule has 92 valence electrons. The lowest BCUT2D eigenvalue weighted by molar-refractivity contribution is -0.117. The van der Waals surface area contributed by atoms with Gasteiger partial charge in [-0.1, -0.05) is 22.9 Å². The lowest BCUT2D eigenvalue weighted by Crippen LogP contribution is -2.35. The third kappa shape index (κ3) is 3.54. The zero-order valence-corrected chi connectivity index (χ0v) is 10.8. The lowest BCUT2D eigenvalue weighted by atomic mass is 10.1. The Morgan fingerprint density at radius 3 is 2.71 bits per heavy atom. The van der Waals surface area contributed by atoms with Crippen molar-refractivity contribution in [2.24, 2.45) is 5.73 Å². The van der Waals surface area contributed by atoms with Gasteiger partial charge in [-0.15, -0.1) is 0 Å². The predicted molar refractivity (Wildman–Crippen MR) is 68.0 cm³/mol. The van der Waals surface area contributed by atoms with Crippen LogP contribution < -0.4 is 11.1 Å². The smallest absolute Gasteiger partial charge is 0.337 e. The fourth-order valence-electron chi connectivity index (χ4n) is 1.22. The van der Waals surface area contributed by atoms with Crippen LogP contribution in [0.15, 0.2) is 22.7 Å². The van der Waals surface area contributed by atoms with Crippen LogP contribution in [0.3, 0.4) is 0 Å². The van der Waals surface area contributed by atoms with Gasteiger partial charge in [0.15, 0.2) is 0 Å². The minimum Gasteiger partial charge on any atom is -0.478 e. The number of carboxylic acid groups (broad SMARTS) is 1. The van der Waals surface area contributed by atoms with E-state index in [-0.39, 0.29) is 11.3 Å². The molecule has 0 heterocycles. The van der Waals surface area contributed by atoms with Crippen molar-refractivity contribution < 1.29 is 14.7 Å². The Morgan fingerprint density at radius 1 is 1.53 bits per heavy atom. The van der Waals surface area contributed by atoms with Crippen LogP contribution in [0.1, 0.15) is 23.7 Å². The molecule has 6 heteroatoms. The van der Waals surface area contributed by atoms with Crippen LogP contribution in [0.5, 0.6) is 0 Å². The van der Waals surface area contributed by atoms with Gasteiger partial charge in [-0.25, -0.2) is 4.79 Å². The molecule has 0 spiro atoms. The molecule has 1 aromatic carbocycles. The number of hydrogen-bond donors (Lipinski definition) is 3. The summed E-state index contributed by atoms with van der Waals surface area (Å²) in [6.07, 6.45) is 0.488. The van der Waals surface area contributed by atoms with Gasteiger partial charge in [0.05, 0.1) is 17.3 Å². The van der Waals surface area contributed by atoms with E-state index in [0.717, 1.165) is 0 Å². The second-order valence-electron chi connectivity index (χ2n) is 3.50. The number of halogens is 1. The lowest BCUT2D eigenvalue weighted by Gasteiger charge is -2.12. The summed E-state index contributed by atoms with van der Waals surface area (Å²) in [4.78, 5) is 22.5. The molecular weight excluding hydrogens is 288 g/mol. The fourth-order valence-corrected chi connectivity index (χ4v) is 1.58. The highest BCUT2D eigenvalue weighted by Gasteiger charge is 2.16. The maximum Gasteiger partial charge on any atom is 0.337 e. The molecule has 17 heavy (non-hydrogen) atoms. The Balaban J connectivity index is 3.00. The van der Waals surface area contributed by atoms with E-state index in [9.17, 15) is 9.59 Å². The summed E-state index contributed by atoms with van der Waals surface area (Å²) in [5.74, 6) is -1.49. The van der Waals surface area contributed by atoms with Crippen molar-refractivity contribution in [3.05, 3.63) is 28.2 Å². The van der Waals surface area contributed by atoms with Crippen molar-refractivity contribution in [2.45, 2.75) is 19.4 Å². The topological polar surface area (TPSA) is 92.4 Å². The third-order valence-corrected chi connectivity index (χ3v) is 2.74. The Morgan fingerprint density at radius 2 is 2.18 bits per heavy atom. The SMILES string of the molecule is CC[C@H](N)C(=O)Nc1cc(Br)ccc1C(=O)O. The van der Waals surface area contributed by atoms with E-state index >= 15 is 0 Å². The number of carbonyl (C=O) groups is 2. The number of carboxylic acids is 1. The van der Waals surface area contributed by atoms with Crippen molar-refractivity contribution in [2.75, 3.05) is 5.32 Å². The van der Waals surface area contributed by atoms with Crippen molar-refractivity contribution in [3.8, 4) is 0 Å².